The molecule has 19 heavy (non-hydrogen) atoms. The van der Waals surface area contributed by atoms with Crippen LogP contribution in [-0.2, 0) is 25.7 Å². The topological polar surface area (TPSA) is 119 Å². The van der Waals surface area contributed by atoms with Gasteiger partial charge in [-0.25, -0.2) is 5.48 Å². The number of hydrogen-bond acceptors (Lipinski definition) is 5. The molecule has 0 saturated heterocycles. The molecule has 4 N–H and O–H groups in total. The van der Waals surface area contributed by atoms with E-state index < -0.39 is 30.1 Å². The Bertz CT molecular complexity index is 460. The van der Waals surface area contributed by atoms with Gasteiger partial charge < -0.3 is 10.5 Å². The highest BCUT2D eigenvalue weighted by molar-refractivity contribution is 6.00. The third kappa shape index (κ3) is 4.76. The lowest BCUT2D eigenvalue weighted by Crippen LogP contribution is -2.36. The van der Waals surface area contributed by atoms with Crippen molar-refractivity contribution in [1.82, 2.24) is 5.48 Å². The number of primary amides is 1. The van der Waals surface area contributed by atoms with E-state index in [0.29, 0.717) is 0 Å². The Morgan fingerprint density at radius 2 is 1.89 bits per heavy atom. The van der Waals surface area contributed by atoms with Gasteiger partial charge in [0.1, 0.15) is 12.5 Å². The van der Waals surface area contributed by atoms with Crippen molar-refractivity contribution in [2.75, 3.05) is 0 Å². The number of esters is 1. The lowest BCUT2D eigenvalue weighted by molar-refractivity contribution is -0.155. The van der Waals surface area contributed by atoms with Crippen LogP contribution in [0.15, 0.2) is 30.3 Å². The maximum Gasteiger partial charge on any atom is 0.319 e. The molecule has 0 radical (unpaired) electrons. The first-order chi connectivity index (χ1) is 9.04. The number of rotatable bonds is 6. The summed E-state index contributed by atoms with van der Waals surface area (Å²) >= 11 is 0. The molecule has 0 aromatic heterocycles. The van der Waals surface area contributed by atoms with Gasteiger partial charge in [-0.2, -0.15) is 0 Å². The van der Waals surface area contributed by atoms with Crippen LogP contribution >= 0.6 is 0 Å². The largest absolute Gasteiger partial charge is 0.460 e. The molecular weight excluding hydrogens is 252 g/mol. The summed E-state index contributed by atoms with van der Waals surface area (Å²) < 4.78 is 4.90. The Labute approximate surface area is 109 Å². The van der Waals surface area contributed by atoms with E-state index in [0.717, 1.165) is 5.56 Å². The fraction of sp³-hybridized carbons (Fsp3) is 0.250. The minimum Gasteiger partial charge on any atom is -0.460 e. The molecule has 0 heterocycles. The van der Waals surface area contributed by atoms with Crippen LogP contribution in [0.25, 0.3) is 0 Å². The van der Waals surface area contributed by atoms with E-state index >= 15 is 0 Å². The molecule has 102 valence electrons. The normalized spacial score (nSPS) is 11.4. The average Bonchev–Trinajstić information content (AvgIpc) is 2.42. The zero-order chi connectivity index (χ0) is 14.3. The summed E-state index contributed by atoms with van der Waals surface area (Å²) in [6.45, 7) is -0.0236. The summed E-state index contributed by atoms with van der Waals surface area (Å²) in [5.74, 6) is -4.20. The molecule has 1 aromatic rings. The SMILES string of the molecule is NC(=O)C(CC(=O)NO)C(=O)OCc1ccccc1. The molecule has 7 heteroatoms. The van der Waals surface area contributed by atoms with Gasteiger partial charge in [-0.3, -0.25) is 19.6 Å². The molecule has 0 aliphatic carbocycles. The van der Waals surface area contributed by atoms with E-state index in [2.05, 4.69) is 0 Å². The molecule has 2 amide bonds. The highest BCUT2D eigenvalue weighted by Crippen LogP contribution is 2.08. The number of ether oxygens (including phenoxy) is 1. The summed E-state index contributed by atoms with van der Waals surface area (Å²) in [6.07, 6.45) is -0.556. The number of benzene rings is 1. The Morgan fingerprint density at radius 3 is 2.42 bits per heavy atom. The van der Waals surface area contributed by atoms with Gasteiger partial charge in [0.15, 0.2) is 0 Å². The van der Waals surface area contributed by atoms with Gasteiger partial charge in [0.2, 0.25) is 11.8 Å². The highest BCUT2D eigenvalue weighted by Gasteiger charge is 2.28. The fourth-order valence-electron chi connectivity index (χ4n) is 1.36. The third-order valence-corrected chi connectivity index (χ3v) is 2.37. The average molecular weight is 266 g/mol. The lowest BCUT2D eigenvalue weighted by atomic mass is 10.1. The summed E-state index contributed by atoms with van der Waals surface area (Å²) in [6, 6.07) is 8.84. The maximum atomic E-state index is 11.6. The summed E-state index contributed by atoms with van der Waals surface area (Å²) in [4.78, 5) is 33.6. The molecule has 0 spiro atoms. The van der Waals surface area contributed by atoms with Crippen LogP contribution in [0.4, 0.5) is 0 Å². The Morgan fingerprint density at radius 1 is 1.26 bits per heavy atom. The second-order valence-corrected chi connectivity index (χ2v) is 3.79. The minimum absolute atomic E-state index is 0.0236. The van der Waals surface area contributed by atoms with Crippen LogP contribution in [0.5, 0.6) is 0 Å². The number of hydroxylamine groups is 1. The van der Waals surface area contributed by atoms with Crippen molar-refractivity contribution in [2.45, 2.75) is 13.0 Å². The van der Waals surface area contributed by atoms with Crippen molar-refractivity contribution in [3.63, 3.8) is 0 Å². The van der Waals surface area contributed by atoms with Crippen molar-refractivity contribution < 1.29 is 24.3 Å². The summed E-state index contributed by atoms with van der Waals surface area (Å²) in [5.41, 5.74) is 7.07. The van der Waals surface area contributed by atoms with E-state index in [9.17, 15) is 14.4 Å². The molecule has 7 nitrogen and oxygen atoms in total. The van der Waals surface area contributed by atoms with Crippen molar-refractivity contribution in [1.29, 1.82) is 0 Å². The predicted molar refractivity (Wildman–Crippen MR) is 63.5 cm³/mol. The first-order valence-corrected chi connectivity index (χ1v) is 5.47. The van der Waals surface area contributed by atoms with Crippen LogP contribution in [0.2, 0.25) is 0 Å². The second-order valence-electron chi connectivity index (χ2n) is 3.79. The molecule has 0 saturated carbocycles. The van der Waals surface area contributed by atoms with Gasteiger partial charge in [0, 0.05) is 0 Å². The van der Waals surface area contributed by atoms with Crippen LogP contribution in [0.3, 0.4) is 0 Å². The zero-order valence-corrected chi connectivity index (χ0v) is 10.0. The van der Waals surface area contributed by atoms with Crippen LogP contribution in [0, 0.1) is 5.92 Å². The van der Waals surface area contributed by atoms with E-state index in [-0.39, 0.29) is 6.61 Å². The van der Waals surface area contributed by atoms with E-state index in [1.165, 1.54) is 5.48 Å². The number of hydrogen-bond donors (Lipinski definition) is 3. The Balaban J connectivity index is 2.58. The smallest absolute Gasteiger partial charge is 0.319 e. The van der Waals surface area contributed by atoms with E-state index in [4.69, 9.17) is 15.7 Å². The van der Waals surface area contributed by atoms with Crippen LogP contribution in [0.1, 0.15) is 12.0 Å². The van der Waals surface area contributed by atoms with Crippen molar-refractivity contribution in [2.24, 2.45) is 11.7 Å². The maximum absolute atomic E-state index is 11.6. The van der Waals surface area contributed by atoms with Crippen LogP contribution < -0.4 is 11.2 Å². The molecule has 1 aromatic carbocycles. The van der Waals surface area contributed by atoms with Gasteiger partial charge in [-0.1, -0.05) is 30.3 Å². The highest BCUT2D eigenvalue weighted by atomic mass is 16.5. The van der Waals surface area contributed by atoms with Crippen molar-refractivity contribution in [3.8, 4) is 0 Å². The number of carbonyl (C=O) groups excluding carboxylic acids is 3. The van der Waals surface area contributed by atoms with Gasteiger partial charge in [-0.05, 0) is 5.56 Å². The number of carbonyl (C=O) groups is 3. The molecule has 0 aliphatic rings. The Hall–Kier alpha value is -2.41. The molecule has 1 rings (SSSR count). The fourth-order valence-corrected chi connectivity index (χ4v) is 1.36. The Kier molecular flexibility index (Phi) is 5.49. The lowest BCUT2D eigenvalue weighted by Gasteiger charge is -2.11. The van der Waals surface area contributed by atoms with Gasteiger partial charge in [0.25, 0.3) is 0 Å². The monoisotopic (exact) mass is 266 g/mol. The minimum atomic E-state index is -1.42. The molecule has 0 aliphatic heterocycles. The van der Waals surface area contributed by atoms with E-state index in [1.54, 1.807) is 24.3 Å². The summed E-state index contributed by atoms with van der Waals surface area (Å²) in [5, 5.41) is 8.35. The zero-order valence-electron chi connectivity index (χ0n) is 10.0. The van der Waals surface area contributed by atoms with Gasteiger partial charge in [0.05, 0.1) is 6.42 Å². The number of nitrogens with two attached hydrogens (primary N) is 1. The third-order valence-electron chi connectivity index (χ3n) is 2.37. The quantitative estimate of drug-likeness (QED) is 0.283. The molecule has 1 atom stereocenters. The molecule has 1 unspecified atom stereocenters. The second kappa shape index (κ2) is 7.12. The van der Waals surface area contributed by atoms with Crippen molar-refractivity contribution >= 4 is 17.8 Å². The van der Waals surface area contributed by atoms with Crippen molar-refractivity contribution in [3.05, 3.63) is 35.9 Å². The predicted octanol–water partition coefficient (Wildman–Crippen LogP) is -0.273. The molecule has 0 bridgehead atoms. The first kappa shape index (κ1) is 14.7. The van der Waals surface area contributed by atoms with E-state index in [1.807, 2.05) is 6.07 Å². The van der Waals surface area contributed by atoms with Gasteiger partial charge >= 0.3 is 5.97 Å². The molecule has 0 fully saturated rings. The van der Waals surface area contributed by atoms with Gasteiger partial charge in [-0.15, -0.1) is 0 Å². The standard InChI is InChI=1S/C12H14N2O5/c13-11(16)9(6-10(15)14-18)12(17)19-7-8-4-2-1-3-5-8/h1-5,9,18H,6-7H2,(H2,13,16)(H,14,15). The first-order valence-electron chi connectivity index (χ1n) is 5.47. The van der Waals surface area contributed by atoms with Crippen LogP contribution in [-0.4, -0.2) is 23.0 Å². The summed E-state index contributed by atoms with van der Waals surface area (Å²) in [7, 11) is 0. The number of nitrogens with one attached hydrogen (secondary N) is 1. The number of amides is 2. The molecular formula is C12H14N2O5.